The zero-order chi connectivity index (χ0) is 14.2. The van der Waals surface area contributed by atoms with E-state index in [1.807, 2.05) is 0 Å². The van der Waals surface area contributed by atoms with Crippen molar-refractivity contribution in [3.63, 3.8) is 0 Å². The third-order valence-corrected chi connectivity index (χ3v) is 3.20. The standard InChI is InChI=1S/C13H11ClF2N2O/c1-6-4-9(15)10(16)5-11(6)19-13-8(3)7(2)12(14)17-18-13/h4-5H,1-3H3. The molecule has 100 valence electrons. The first-order valence-corrected chi connectivity index (χ1v) is 5.91. The quantitative estimate of drug-likeness (QED) is 0.832. The summed E-state index contributed by atoms with van der Waals surface area (Å²) in [5, 5.41) is 7.82. The van der Waals surface area contributed by atoms with Gasteiger partial charge in [0.25, 0.3) is 0 Å². The Kier molecular flexibility index (Phi) is 3.66. The third kappa shape index (κ3) is 2.66. The molecule has 0 radical (unpaired) electrons. The van der Waals surface area contributed by atoms with Crippen molar-refractivity contribution in [3.05, 3.63) is 45.6 Å². The highest BCUT2D eigenvalue weighted by molar-refractivity contribution is 6.30. The number of hydrogen-bond donors (Lipinski definition) is 0. The summed E-state index contributed by atoms with van der Waals surface area (Å²) in [6, 6.07) is 2.05. The van der Waals surface area contributed by atoms with Gasteiger partial charge in [-0.15, -0.1) is 10.2 Å². The van der Waals surface area contributed by atoms with E-state index < -0.39 is 11.6 Å². The summed E-state index contributed by atoms with van der Waals surface area (Å²) in [6.45, 7) is 5.15. The largest absolute Gasteiger partial charge is 0.437 e. The van der Waals surface area contributed by atoms with E-state index in [1.54, 1.807) is 20.8 Å². The molecule has 1 heterocycles. The van der Waals surface area contributed by atoms with E-state index in [1.165, 1.54) is 0 Å². The zero-order valence-corrected chi connectivity index (χ0v) is 11.3. The minimum Gasteiger partial charge on any atom is -0.437 e. The van der Waals surface area contributed by atoms with Crippen LogP contribution in [0.15, 0.2) is 12.1 Å². The smallest absolute Gasteiger partial charge is 0.242 e. The van der Waals surface area contributed by atoms with Crippen LogP contribution in [-0.4, -0.2) is 10.2 Å². The Morgan fingerprint density at radius 3 is 2.32 bits per heavy atom. The topological polar surface area (TPSA) is 35.0 Å². The Bertz CT molecular complexity index is 647. The molecule has 0 saturated heterocycles. The molecular formula is C13H11ClF2N2O. The van der Waals surface area contributed by atoms with Gasteiger partial charge >= 0.3 is 0 Å². The van der Waals surface area contributed by atoms with Crippen LogP contribution in [0, 0.1) is 32.4 Å². The Balaban J connectivity index is 2.42. The van der Waals surface area contributed by atoms with Gasteiger partial charge in [-0.05, 0) is 38.0 Å². The number of rotatable bonds is 2. The predicted molar refractivity (Wildman–Crippen MR) is 67.7 cm³/mol. The Hall–Kier alpha value is -1.75. The molecule has 0 aliphatic heterocycles. The van der Waals surface area contributed by atoms with Gasteiger partial charge in [0.1, 0.15) is 5.75 Å². The van der Waals surface area contributed by atoms with Gasteiger partial charge in [-0.2, -0.15) is 0 Å². The van der Waals surface area contributed by atoms with Gasteiger partial charge in [-0.3, -0.25) is 0 Å². The molecule has 19 heavy (non-hydrogen) atoms. The normalized spacial score (nSPS) is 10.6. The van der Waals surface area contributed by atoms with Gasteiger partial charge in [-0.25, -0.2) is 8.78 Å². The second-order valence-corrected chi connectivity index (χ2v) is 4.54. The summed E-state index contributed by atoms with van der Waals surface area (Å²) < 4.78 is 31.7. The number of benzene rings is 1. The fraction of sp³-hybridized carbons (Fsp3) is 0.231. The second kappa shape index (κ2) is 5.09. The molecule has 0 unspecified atom stereocenters. The zero-order valence-electron chi connectivity index (χ0n) is 10.6. The Labute approximate surface area is 114 Å². The predicted octanol–water partition coefficient (Wildman–Crippen LogP) is 4.13. The van der Waals surface area contributed by atoms with Crippen LogP contribution >= 0.6 is 11.6 Å². The lowest BCUT2D eigenvalue weighted by atomic mass is 10.2. The minimum atomic E-state index is -0.975. The maximum atomic E-state index is 13.2. The number of aryl methyl sites for hydroxylation is 1. The van der Waals surface area contributed by atoms with Crippen LogP contribution in [0.2, 0.25) is 5.15 Å². The highest BCUT2D eigenvalue weighted by atomic mass is 35.5. The van der Waals surface area contributed by atoms with Crippen molar-refractivity contribution in [2.24, 2.45) is 0 Å². The molecular weight excluding hydrogens is 274 g/mol. The van der Waals surface area contributed by atoms with Crippen LogP contribution < -0.4 is 4.74 Å². The lowest BCUT2D eigenvalue weighted by Crippen LogP contribution is -1.99. The summed E-state index contributed by atoms with van der Waals surface area (Å²) in [6.07, 6.45) is 0. The van der Waals surface area contributed by atoms with Gasteiger partial charge in [0.05, 0.1) is 0 Å². The van der Waals surface area contributed by atoms with E-state index in [4.69, 9.17) is 16.3 Å². The average Bonchev–Trinajstić information content (AvgIpc) is 2.36. The first kappa shape index (κ1) is 13.7. The van der Waals surface area contributed by atoms with E-state index in [0.29, 0.717) is 11.1 Å². The lowest BCUT2D eigenvalue weighted by Gasteiger charge is -2.11. The summed E-state index contributed by atoms with van der Waals surface area (Å²) >= 11 is 5.83. The van der Waals surface area contributed by atoms with Crippen molar-refractivity contribution in [3.8, 4) is 11.6 Å². The van der Waals surface area contributed by atoms with Gasteiger partial charge in [0.15, 0.2) is 16.8 Å². The maximum absolute atomic E-state index is 13.2. The van der Waals surface area contributed by atoms with E-state index in [9.17, 15) is 8.78 Å². The first-order chi connectivity index (χ1) is 8.90. The van der Waals surface area contributed by atoms with Crippen LogP contribution in [0.3, 0.4) is 0 Å². The van der Waals surface area contributed by atoms with Crippen LogP contribution in [0.4, 0.5) is 8.78 Å². The minimum absolute atomic E-state index is 0.193. The number of ether oxygens (including phenoxy) is 1. The lowest BCUT2D eigenvalue weighted by molar-refractivity contribution is 0.434. The van der Waals surface area contributed by atoms with Gasteiger partial charge in [0.2, 0.25) is 5.88 Å². The molecule has 0 fully saturated rings. The molecule has 0 amide bonds. The van der Waals surface area contributed by atoms with Crippen LogP contribution in [0.5, 0.6) is 11.6 Å². The van der Waals surface area contributed by atoms with Crippen molar-refractivity contribution >= 4 is 11.6 Å². The molecule has 0 saturated carbocycles. The van der Waals surface area contributed by atoms with E-state index in [2.05, 4.69) is 10.2 Å². The third-order valence-electron chi connectivity index (χ3n) is 2.85. The van der Waals surface area contributed by atoms with E-state index in [-0.39, 0.29) is 16.8 Å². The molecule has 3 nitrogen and oxygen atoms in total. The number of aromatic nitrogens is 2. The molecule has 1 aromatic heterocycles. The SMILES string of the molecule is Cc1cc(F)c(F)cc1Oc1nnc(Cl)c(C)c1C. The molecule has 1 aromatic carbocycles. The summed E-state index contributed by atoms with van der Waals surface area (Å²) in [4.78, 5) is 0. The van der Waals surface area contributed by atoms with E-state index in [0.717, 1.165) is 17.7 Å². The summed E-state index contributed by atoms with van der Waals surface area (Å²) in [5.74, 6) is -1.48. The van der Waals surface area contributed by atoms with Gasteiger partial charge in [0, 0.05) is 11.6 Å². The van der Waals surface area contributed by atoms with E-state index >= 15 is 0 Å². The highest BCUT2D eigenvalue weighted by Crippen LogP contribution is 2.30. The van der Waals surface area contributed by atoms with Crippen molar-refractivity contribution in [1.82, 2.24) is 10.2 Å². The average molecular weight is 285 g/mol. The van der Waals surface area contributed by atoms with Crippen LogP contribution in [0.1, 0.15) is 16.7 Å². The molecule has 2 rings (SSSR count). The second-order valence-electron chi connectivity index (χ2n) is 4.18. The molecule has 2 aromatic rings. The van der Waals surface area contributed by atoms with Gasteiger partial charge < -0.3 is 4.74 Å². The molecule has 0 aliphatic carbocycles. The molecule has 0 spiro atoms. The molecule has 6 heteroatoms. The van der Waals surface area contributed by atoms with Crippen molar-refractivity contribution < 1.29 is 13.5 Å². The van der Waals surface area contributed by atoms with Crippen molar-refractivity contribution in [2.45, 2.75) is 20.8 Å². The number of nitrogens with zero attached hydrogens (tertiary/aromatic N) is 2. The van der Waals surface area contributed by atoms with Crippen LogP contribution in [0.25, 0.3) is 0 Å². The molecule has 0 atom stereocenters. The molecule has 0 N–H and O–H groups in total. The number of hydrogen-bond acceptors (Lipinski definition) is 3. The fourth-order valence-electron chi connectivity index (χ4n) is 1.49. The Morgan fingerprint density at radius 1 is 1.00 bits per heavy atom. The Morgan fingerprint density at radius 2 is 1.63 bits per heavy atom. The fourth-order valence-corrected chi connectivity index (χ4v) is 1.67. The molecule has 0 bridgehead atoms. The summed E-state index contributed by atoms with van der Waals surface area (Å²) in [5.41, 5.74) is 1.89. The van der Waals surface area contributed by atoms with Gasteiger partial charge in [-0.1, -0.05) is 11.6 Å². The first-order valence-electron chi connectivity index (χ1n) is 5.53. The van der Waals surface area contributed by atoms with Crippen LogP contribution in [-0.2, 0) is 0 Å². The van der Waals surface area contributed by atoms with Crippen molar-refractivity contribution in [2.75, 3.05) is 0 Å². The maximum Gasteiger partial charge on any atom is 0.242 e. The summed E-state index contributed by atoms with van der Waals surface area (Å²) in [7, 11) is 0. The molecule has 0 aliphatic rings. The van der Waals surface area contributed by atoms with Crippen molar-refractivity contribution in [1.29, 1.82) is 0 Å². The number of halogens is 3. The monoisotopic (exact) mass is 284 g/mol. The highest BCUT2D eigenvalue weighted by Gasteiger charge is 2.13.